The Morgan fingerprint density at radius 1 is 1.41 bits per heavy atom. The van der Waals surface area contributed by atoms with Crippen LogP contribution < -0.4 is 5.32 Å². The van der Waals surface area contributed by atoms with Gasteiger partial charge in [0.05, 0.1) is 11.7 Å². The van der Waals surface area contributed by atoms with Crippen molar-refractivity contribution in [2.24, 2.45) is 14.1 Å². The molecule has 1 unspecified atom stereocenters. The van der Waals surface area contributed by atoms with Crippen molar-refractivity contribution in [3.05, 3.63) is 35.7 Å². The minimum absolute atomic E-state index is 0.105. The number of rotatable bonds is 4. The van der Waals surface area contributed by atoms with Crippen molar-refractivity contribution in [2.75, 3.05) is 6.54 Å². The third-order valence-electron chi connectivity index (χ3n) is 2.89. The van der Waals surface area contributed by atoms with Crippen molar-refractivity contribution in [1.82, 2.24) is 24.6 Å². The Morgan fingerprint density at radius 2 is 2.18 bits per heavy atom. The van der Waals surface area contributed by atoms with E-state index in [0.717, 1.165) is 18.1 Å². The van der Waals surface area contributed by atoms with Crippen LogP contribution >= 0.6 is 0 Å². The Labute approximate surface area is 101 Å². The third-order valence-corrected chi connectivity index (χ3v) is 2.89. The van der Waals surface area contributed by atoms with Gasteiger partial charge in [0, 0.05) is 38.2 Å². The van der Waals surface area contributed by atoms with Crippen LogP contribution in [0.5, 0.6) is 0 Å². The van der Waals surface area contributed by atoms with Gasteiger partial charge in [-0.25, -0.2) is 4.98 Å². The first-order valence-corrected chi connectivity index (χ1v) is 5.84. The second kappa shape index (κ2) is 4.71. The quantitative estimate of drug-likeness (QED) is 0.862. The van der Waals surface area contributed by atoms with Gasteiger partial charge in [0.2, 0.25) is 0 Å². The maximum atomic E-state index is 4.42. The molecule has 92 valence electrons. The molecule has 0 spiro atoms. The third kappa shape index (κ3) is 2.24. The van der Waals surface area contributed by atoms with Gasteiger partial charge in [0.25, 0.3) is 0 Å². The normalized spacial score (nSPS) is 12.9. The Balaban J connectivity index is 2.42. The summed E-state index contributed by atoms with van der Waals surface area (Å²) in [6.07, 6.45) is 5.84. The van der Waals surface area contributed by atoms with E-state index in [1.807, 2.05) is 42.7 Å². The zero-order valence-corrected chi connectivity index (χ0v) is 10.8. The molecule has 0 radical (unpaired) electrons. The monoisotopic (exact) mass is 233 g/mol. The molecule has 0 aliphatic heterocycles. The molecule has 0 amide bonds. The lowest BCUT2D eigenvalue weighted by atomic mass is 10.1. The van der Waals surface area contributed by atoms with E-state index in [1.165, 1.54) is 5.56 Å². The van der Waals surface area contributed by atoms with Crippen molar-refractivity contribution in [3.8, 4) is 0 Å². The first kappa shape index (κ1) is 11.9. The van der Waals surface area contributed by atoms with E-state index >= 15 is 0 Å². The average molecular weight is 233 g/mol. The lowest BCUT2D eigenvalue weighted by Gasteiger charge is -2.17. The van der Waals surface area contributed by atoms with Crippen molar-refractivity contribution >= 4 is 0 Å². The summed E-state index contributed by atoms with van der Waals surface area (Å²) >= 11 is 0. The van der Waals surface area contributed by atoms with Gasteiger partial charge in [-0.15, -0.1) is 0 Å². The van der Waals surface area contributed by atoms with Crippen LogP contribution in [0.4, 0.5) is 0 Å². The van der Waals surface area contributed by atoms with E-state index in [1.54, 1.807) is 0 Å². The van der Waals surface area contributed by atoms with Crippen molar-refractivity contribution < 1.29 is 0 Å². The summed E-state index contributed by atoms with van der Waals surface area (Å²) in [7, 11) is 3.95. The average Bonchev–Trinajstić information content (AvgIpc) is 2.82. The van der Waals surface area contributed by atoms with E-state index in [-0.39, 0.29) is 6.04 Å². The van der Waals surface area contributed by atoms with Crippen LogP contribution in [0.15, 0.2) is 18.6 Å². The smallest absolute Gasteiger partial charge is 0.130 e. The van der Waals surface area contributed by atoms with Crippen LogP contribution in [0.25, 0.3) is 0 Å². The second-order valence-corrected chi connectivity index (χ2v) is 4.23. The fourth-order valence-corrected chi connectivity index (χ4v) is 2.10. The Morgan fingerprint density at radius 3 is 2.65 bits per heavy atom. The maximum absolute atomic E-state index is 4.42. The molecule has 0 fully saturated rings. The molecule has 17 heavy (non-hydrogen) atoms. The summed E-state index contributed by atoms with van der Waals surface area (Å²) in [6.45, 7) is 5.02. The Kier molecular flexibility index (Phi) is 3.28. The van der Waals surface area contributed by atoms with Crippen LogP contribution in [0, 0.1) is 6.92 Å². The summed E-state index contributed by atoms with van der Waals surface area (Å²) < 4.78 is 3.89. The van der Waals surface area contributed by atoms with Crippen molar-refractivity contribution in [2.45, 2.75) is 19.9 Å². The minimum atomic E-state index is 0.105. The summed E-state index contributed by atoms with van der Waals surface area (Å²) in [6, 6.07) is 0.105. The van der Waals surface area contributed by atoms with Gasteiger partial charge in [-0.05, 0) is 13.5 Å². The standard InChI is InChI=1S/C12H19N5/c1-5-13-11(12-14-6-7-16(12)3)10-8-17(4)15-9(10)2/h6-8,11,13H,5H2,1-4H3. The highest BCUT2D eigenvalue weighted by Crippen LogP contribution is 2.22. The number of hydrogen-bond donors (Lipinski definition) is 1. The number of hydrogen-bond acceptors (Lipinski definition) is 3. The van der Waals surface area contributed by atoms with Gasteiger partial charge in [-0.2, -0.15) is 5.10 Å². The summed E-state index contributed by atoms with van der Waals surface area (Å²) in [5.41, 5.74) is 2.23. The SMILES string of the molecule is CCNC(c1cn(C)nc1C)c1nccn1C. The van der Waals surface area contributed by atoms with Crippen LogP contribution in [0.2, 0.25) is 0 Å². The van der Waals surface area contributed by atoms with Crippen molar-refractivity contribution in [3.63, 3.8) is 0 Å². The molecule has 2 heterocycles. The molecule has 5 heteroatoms. The maximum Gasteiger partial charge on any atom is 0.130 e. The predicted octanol–water partition coefficient (Wildman–Crippen LogP) is 1.16. The molecule has 0 saturated heterocycles. The number of imidazole rings is 1. The van der Waals surface area contributed by atoms with E-state index in [0.29, 0.717) is 0 Å². The molecule has 0 aliphatic rings. The highest BCUT2D eigenvalue weighted by atomic mass is 15.3. The molecule has 0 aliphatic carbocycles. The van der Waals surface area contributed by atoms with E-state index in [9.17, 15) is 0 Å². The van der Waals surface area contributed by atoms with Crippen LogP contribution in [0.1, 0.15) is 30.0 Å². The van der Waals surface area contributed by atoms with Gasteiger partial charge in [0.1, 0.15) is 5.82 Å². The Bertz CT molecular complexity index is 497. The van der Waals surface area contributed by atoms with Crippen LogP contribution in [-0.2, 0) is 14.1 Å². The fourth-order valence-electron chi connectivity index (χ4n) is 2.10. The van der Waals surface area contributed by atoms with Gasteiger partial charge < -0.3 is 9.88 Å². The zero-order chi connectivity index (χ0) is 12.4. The molecular formula is C12H19N5. The molecule has 5 nitrogen and oxygen atoms in total. The Hall–Kier alpha value is -1.62. The molecule has 0 saturated carbocycles. The molecule has 2 aromatic rings. The van der Waals surface area contributed by atoms with Gasteiger partial charge in [-0.3, -0.25) is 4.68 Å². The van der Waals surface area contributed by atoms with E-state index < -0.39 is 0 Å². The molecule has 2 rings (SSSR count). The largest absolute Gasteiger partial charge is 0.336 e. The first-order chi connectivity index (χ1) is 8.13. The summed E-state index contributed by atoms with van der Waals surface area (Å²) in [5.74, 6) is 1.02. The number of aromatic nitrogens is 4. The summed E-state index contributed by atoms with van der Waals surface area (Å²) in [4.78, 5) is 4.42. The lowest BCUT2D eigenvalue weighted by Crippen LogP contribution is -2.25. The number of aryl methyl sites for hydroxylation is 3. The minimum Gasteiger partial charge on any atom is -0.336 e. The van der Waals surface area contributed by atoms with E-state index in [2.05, 4.69) is 28.5 Å². The molecule has 0 aromatic carbocycles. The number of nitrogens with zero attached hydrogens (tertiary/aromatic N) is 4. The number of nitrogens with one attached hydrogen (secondary N) is 1. The predicted molar refractivity (Wildman–Crippen MR) is 66.7 cm³/mol. The van der Waals surface area contributed by atoms with Crippen LogP contribution in [0.3, 0.4) is 0 Å². The first-order valence-electron chi connectivity index (χ1n) is 5.84. The topological polar surface area (TPSA) is 47.7 Å². The van der Waals surface area contributed by atoms with Crippen LogP contribution in [-0.4, -0.2) is 25.9 Å². The summed E-state index contributed by atoms with van der Waals surface area (Å²) in [5, 5.41) is 7.85. The molecular weight excluding hydrogens is 214 g/mol. The van der Waals surface area contributed by atoms with Crippen molar-refractivity contribution in [1.29, 1.82) is 0 Å². The lowest BCUT2D eigenvalue weighted by molar-refractivity contribution is 0.574. The molecule has 1 N–H and O–H groups in total. The molecule has 2 aromatic heterocycles. The van der Waals surface area contributed by atoms with E-state index in [4.69, 9.17) is 0 Å². The van der Waals surface area contributed by atoms with Gasteiger partial charge >= 0.3 is 0 Å². The molecule has 1 atom stereocenters. The zero-order valence-electron chi connectivity index (χ0n) is 10.8. The second-order valence-electron chi connectivity index (χ2n) is 4.23. The molecule has 0 bridgehead atoms. The fraction of sp³-hybridized carbons (Fsp3) is 0.500. The highest BCUT2D eigenvalue weighted by Gasteiger charge is 2.20. The van der Waals surface area contributed by atoms with Gasteiger partial charge in [-0.1, -0.05) is 6.92 Å². The highest BCUT2D eigenvalue weighted by molar-refractivity contribution is 5.26. The van der Waals surface area contributed by atoms with Gasteiger partial charge in [0.15, 0.2) is 0 Å².